The van der Waals surface area contributed by atoms with Gasteiger partial charge in [-0.1, -0.05) is 20.3 Å². The van der Waals surface area contributed by atoms with Crippen molar-refractivity contribution in [3.8, 4) is 0 Å². The third-order valence-corrected chi connectivity index (χ3v) is 8.29. The van der Waals surface area contributed by atoms with Crippen LogP contribution in [0.25, 0.3) is 0 Å². The summed E-state index contributed by atoms with van der Waals surface area (Å²) in [5.74, 6) is -1.94. The van der Waals surface area contributed by atoms with Crippen molar-refractivity contribution in [2.75, 3.05) is 65.8 Å². The minimum Gasteiger partial charge on any atom is -0.447 e. The lowest BCUT2D eigenvalue weighted by molar-refractivity contribution is -0.302. The minimum atomic E-state index is -1.75. The number of hydrogen-bond donors (Lipinski definition) is 9. The molecular formula is C34H57N5O16. The van der Waals surface area contributed by atoms with Crippen LogP contribution in [-0.4, -0.2) is 181 Å². The summed E-state index contributed by atoms with van der Waals surface area (Å²) < 4.78 is 26.9. The number of hydrogen-bond acceptors (Lipinski definition) is 16. The lowest BCUT2D eigenvalue weighted by Crippen LogP contribution is -2.60. The fourth-order valence-corrected chi connectivity index (χ4v) is 5.23. The summed E-state index contributed by atoms with van der Waals surface area (Å²) in [6.45, 7) is 3.51. The molecule has 1 saturated heterocycles. The van der Waals surface area contributed by atoms with Gasteiger partial charge in [0.15, 0.2) is 6.29 Å². The van der Waals surface area contributed by atoms with E-state index in [4.69, 9.17) is 23.7 Å². The summed E-state index contributed by atoms with van der Waals surface area (Å²) in [6.07, 6.45) is -7.64. The summed E-state index contributed by atoms with van der Waals surface area (Å²) in [5, 5.41) is 62.3. The molecule has 0 bridgehead atoms. The molecular weight excluding hydrogens is 734 g/mol. The van der Waals surface area contributed by atoms with E-state index in [2.05, 4.69) is 21.3 Å². The Kier molecular flexibility index (Phi) is 22.5. The van der Waals surface area contributed by atoms with Crippen LogP contribution < -0.4 is 21.3 Å². The van der Waals surface area contributed by atoms with Crippen LogP contribution in [-0.2, 0) is 47.7 Å². The van der Waals surface area contributed by atoms with E-state index in [1.54, 1.807) is 6.92 Å². The molecule has 2 aliphatic rings. The maximum atomic E-state index is 12.2. The second kappa shape index (κ2) is 26.1. The highest BCUT2D eigenvalue weighted by atomic mass is 16.7. The normalized spacial score (nSPS) is 22.5. The Hall–Kier alpha value is -3.80. The predicted octanol–water partition coefficient (Wildman–Crippen LogP) is -3.69. The molecule has 0 aromatic carbocycles. The summed E-state index contributed by atoms with van der Waals surface area (Å²) in [6, 6.07) is -1.08. The summed E-state index contributed by atoms with van der Waals surface area (Å²) in [7, 11) is 0. The van der Waals surface area contributed by atoms with E-state index in [0.717, 1.165) is 17.1 Å². The average Bonchev–Trinajstić information content (AvgIpc) is 3.48. The van der Waals surface area contributed by atoms with Gasteiger partial charge in [-0.2, -0.15) is 0 Å². The van der Waals surface area contributed by atoms with Gasteiger partial charge in [0.25, 0.3) is 11.8 Å². The number of nitrogens with one attached hydrogen (secondary N) is 4. The number of rotatable bonds is 27. The summed E-state index contributed by atoms with van der Waals surface area (Å²) in [5.41, 5.74) is 0. The standard InChI is InChI=1S/C34H57N5O16/c1-3-5-22(40)29(46)21(38-26(43)6-4-2)19-53-33-32(49)31(48)30(47)23(55-33)20-54-34(50)37-13-18-52-17-12-36-25(42)10-15-51-16-11-35-24(41)9-14-39-27(44)7-8-28(39)45/h7-8,21-23,29-33,40,46-49H,3-6,9-20H2,1-2H3,(H,35,41)(H,36,42)(H,37,50)(H,38,43)/t21-,22+,23?,29-,30-,31-,32?,33-/m0/s1. The number of alkyl carbamates (subject to hydrolysis) is 1. The molecule has 21 heteroatoms. The molecule has 21 nitrogen and oxygen atoms in total. The highest BCUT2D eigenvalue weighted by Gasteiger charge is 2.45. The van der Waals surface area contributed by atoms with E-state index < -0.39 is 86.0 Å². The van der Waals surface area contributed by atoms with E-state index in [9.17, 15) is 54.3 Å². The monoisotopic (exact) mass is 791 g/mol. The van der Waals surface area contributed by atoms with E-state index in [0.29, 0.717) is 12.8 Å². The van der Waals surface area contributed by atoms with Crippen molar-refractivity contribution in [2.24, 2.45) is 0 Å². The van der Waals surface area contributed by atoms with Crippen LogP contribution in [0.1, 0.15) is 52.4 Å². The molecule has 0 aliphatic carbocycles. The van der Waals surface area contributed by atoms with Crippen molar-refractivity contribution in [2.45, 2.75) is 101 Å². The number of ether oxygens (including phenoxy) is 5. The molecule has 2 rings (SSSR count). The Morgan fingerprint density at radius 2 is 1.38 bits per heavy atom. The van der Waals surface area contributed by atoms with Gasteiger partial charge in [0, 0.05) is 57.6 Å². The third kappa shape index (κ3) is 17.7. The molecule has 55 heavy (non-hydrogen) atoms. The first-order valence-corrected chi connectivity index (χ1v) is 18.4. The second-order valence-corrected chi connectivity index (χ2v) is 12.7. The zero-order valence-corrected chi connectivity index (χ0v) is 31.3. The Balaban J connectivity index is 1.57. The molecule has 0 radical (unpaired) electrons. The minimum absolute atomic E-state index is 0.0170. The molecule has 314 valence electrons. The molecule has 2 unspecified atom stereocenters. The van der Waals surface area contributed by atoms with Gasteiger partial charge in [0.1, 0.15) is 37.1 Å². The predicted molar refractivity (Wildman–Crippen MR) is 188 cm³/mol. The van der Waals surface area contributed by atoms with Crippen molar-refractivity contribution >= 4 is 35.6 Å². The van der Waals surface area contributed by atoms with Gasteiger partial charge >= 0.3 is 6.09 Å². The van der Waals surface area contributed by atoms with Gasteiger partial charge in [0.05, 0.1) is 45.2 Å². The number of amides is 6. The fraction of sp³-hybridized carbons (Fsp3) is 0.765. The quantitative estimate of drug-likeness (QED) is 0.0286. The van der Waals surface area contributed by atoms with Crippen molar-refractivity contribution in [3.05, 3.63) is 12.2 Å². The largest absolute Gasteiger partial charge is 0.447 e. The highest BCUT2D eigenvalue weighted by Crippen LogP contribution is 2.23. The van der Waals surface area contributed by atoms with E-state index >= 15 is 0 Å². The van der Waals surface area contributed by atoms with Crippen molar-refractivity contribution < 1.29 is 78.0 Å². The Morgan fingerprint density at radius 3 is 2.00 bits per heavy atom. The van der Waals surface area contributed by atoms with Gasteiger partial charge in [-0.25, -0.2) is 4.79 Å². The van der Waals surface area contributed by atoms with Crippen LogP contribution in [0.3, 0.4) is 0 Å². The van der Waals surface area contributed by atoms with Crippen LogP contribution in [0, 0.1) is 0 Å². The smallest absolute Gasteiger partial charge is 0.407 e. The van der Waals surface area contributed by atoms with E-state index in [1.807, 2.05) is 6.92 Å². The molecule has 0 aromatic heterocycles. The van der Waals surface area contributed by atoms with E-state index in [1.165, 1.54) is 0 Å². The van der Waals surface area contributed by atoms with Crippen LogP contribution >= 0.6 is 0 Å². The fourth-order valence-electron chi connectivity index (χ4n) is 5.23. The van der Waals surface area contributed by atoms with Crippen LogP contribution in [0.5, 0.6) is 0 Å². The number of aliphatic hydroxyl groups excluding tert-OH is 5. The first kappa shape index (κ1) is 47.4. The van der Waals surface area contributed by atoms with Gasteiger partial charge in [-0.15, -0.1) is 0 Å². The van der Waals surface area contributed by atoms with Crippen molar-refractivity contribution in [3.63, 3.8) is 0 Å². The molecule has 6 amide bonds. The molecule has 8 atom stereocenters. The molecule has 0 saturated carbocycles. The van der Waals surface area contributed by atoms with Crippen molar-refractivity contribution in [1.29, 1.82) is 0 Å². The molecule has 2 heterocycles. The van der Waals surface area contributed by atoms with E-state index in [-0.39, 0.29) is 90.1 Å². The molecule has 1 fully saturated rings. The lowest BCUT2D eigenvalue weighted by Gasteiger charge is -2.40. The number of nitrogens with zero attached hydrogens (tertiary/aromatic N) is 1. The van der Waals surface area contributed by atoms with Crippen molar-refractivity contribution in [1.82, 2.24) is 26.2 Å². The third-order valence-electron chi connectivity index (χ3n) is 8.29. The second-order valence-electron chi connectivity index (χ2n) is 12.7. The molecule has 2 aliphatic heterocycles. The maximum absolute atomic E-state index is 12.2. The number of aliphatic hydroxyl groups is 5. The number of carbonyl (C=O) groups excluding carboxylic acids is 6. The Morgan fingerprint density at radius 1 is 0.782 bits per heavy atom. The zero-order chi connectivity index (χ0) is 40.8. The SMILES string of the molecule is CCCC(=O)N[C@@H](CO[C@H]1OC(COC(=O)NCCOCCNC(=O)CCOCCNC(=O)CCN2C(=O)C=CC2=O)[C@H](O)[C@H](O)C1O)[C@H](O)[C@H](O)CCC. The topological polar surface area (TPSA) is 301 Å². The van der Waals surface area contributed by atoms with Gasteiger partial charge in [-0.3, -0.25) is 28.9 Å². The first-order valence-electron chi connectivity index (χ1n) is 18.4. The number of carbonyl (C=O) groups is 6. The van der Waals surface area contributed by atoms with Crippen LogP contribution in [0.15, 0.2) is 12.2 Å². The zero-order valence-electron chi connectivity index (χ0n) is 31.3. The van der Waals surface area contributed by atoms with Gasteiger partial charge in [-0.05, 0) is 12.8 Å². The van der Waals surface area contributed by atoms with Gasteiger partial charge < -0.3 is 70.5 Å². The highest BCUT2D eigenvalue weighted by molar-refractivity contribution is 6.13. The Labute approximate surface area is 319 Å². The maximum Gasteiger partial charge on any atom is 0.407 e. The summed E-state index contributed by atoms with van der Waals surface area (Å²) >= 11 is 0. The number of imide groups is 1. The molecule has 9 N–H and O–H groups in total. The lowest BCUT2D eigenvalue weighted by atomic mass is 9.99. The van der Waals surface area contributed by atoms with Crippen LogP contribution in [0.2, 0.25) is 0 Å². The average molecular weight is 792 g/mol. The summed E-state index contributed by atoms with van der Waals surface area (Å²) in [4.78, 5) is 72.1. The van der Waals surface area contributed by atoms with Gasteiger partial charge in [0.2, 0.25) is 17.7 Å². The first-order chi connectivity index (χ1) is 26.3. The Bertz CT molecular complexity index is 1240. The molecule has 0 spiro atoms. The van der Waals surface area contributed by atoms with Crippen LogP contribution in [0.4, 0.5) is 4.79 Å². The molecule has 0 aromatic rings.